The van der Waals surface area contributed by atoms with Gasteiger partial charge in [0.25, 0.3) is 5.91 Å². The molecule has 3 N–H and O–H groups in total. The Morgan fingerprint density at radius 1 is 1.56 bits per heavy atom. The molecule has 0 radical (unpaired) electrons. The van der Waals surface area contributed by atoms with Gasteiger partial charge in [0.05, 0.1) is 11.4 Å². The van der Waals surface area contributed by atoms with Crippen LogP contribution in [0.5, 0.6) is 0 Å². The number of nitrogens with zero attached hydrogens (tertiary/aromatic N) is 1. The Labute approximate surface area is 108 Å². The van der Waals surface area contributed by atoms with Crippen molar-refractivity contribution in [3.8, 4) is 0 Å². The highest BCUT2D eigenvalue weighted by atomic mass is 16.1. The van der Waals surface area contributed by atoms with Crippen LogP contribution in [0, 0.1) is 5.92 Å². The molecule has 1 fully saturated rings. The maximum atomic E-state index is 11.5. The second-order valence-corrected chi connectivity index (χ2v) is 4.86. The minimum absolute atomic E-state index is 0.0962. The Morgan fingerprint density at radius 3 is 2.89 bits per heavy atom. The predicted molar refractivity (Wildman–Crippen MR) is 74.9 cm³/mol. The third kappa shape index (κ3) is 2.42. The quantitative estimate of drug-likeness (QED) is 0.802. The van der Waals surface area contributed by atoms with Crippen molar-refractivity contribution < 1.29 is 4.79 Å². The summed E-state index contributed by atoms with van der Waals surface area (Å²) >= 11 is 0. The van der Waals surface area contributed by atoms with Crippen LogP contribution in [0.25, 0.3) is 0 Å². The van der Waals surface area contributed by atoms with Crippen LogP contribution in [0.15, 0.2) is 18.2 Å². The molecule has 0 aliphatic carbocycles. The number of carbonyl (C=O) groups excluding carboxylic acids is 1. The average molecular weight is 247 g/mol. The Morgan fingerprint density at radius 2 is 2.33 bits per heavy atom. The summed E-state index contributed by atoms with van der Waals surface area (Å²) in [6, 6.07) is 5.55. The van der Waals surface area contributed by atoms with Gasteiger partial charge in [0.1, 0.15) is 0 Å². The summed E-state index contributed by atoms with van der Waals surface area (Å²) in [4.78, 5) is 13.8. The molecule has 1 amide bonds. The number of nitrogens with two attached hydrogens (primary N) is 1. The van der Waals surface area contributed by atoms with Crippen LogP contribution in [0.1, 0.15) is 30.1 Å². The van der Waals surface area contributed by atoms with Crippen molar-refractivity contribution in [2.45, 2.75) is 19.8 Å². The Kier molecular flexibility index (Phi) is 3.75. The normalized spacial score (nSPS) is 19.0. The van der Waals surface area contributed by atoms with Crippen molar-refractivity contribution in [2.24, 2.45) is 5.92 Å². The van der Waals surface area contributed by atoms with Gasteiger partial charge in [-0.25, -0.2) is 0 Å². The van der Waals surface area contributed by atoms with Crippen molar-refractivity contribution in [3.63, 3.8) is 0 Å². The lowest BCUT2D eigenvalue weighted by atomic mass is 10.1. The first-order chi connectivity index (χ1) is 8.65. The van der Waals surface area contributed by atoms with E-state index in [2.05, 4.69) is 17.1 Å². The van der Waals surface area contributed by atoms with Gasteiger partial charge in [0, 0.05) is 25.7 Å². The smallest absolute Gasteiger partial charge is 0.251 e. The monoisotopic (exact) mass is 247 g/mol. The first-order valence-corrected chi connectivity index (χ1v) is 6.52. The molecule has 1 unspecified atom stereocenters. The molecule has 0 aromatic heterocycles. The highest BCUT2D eigenvalue weighted by Crippen LogP contribution is 2.30. The number of benzene rings is 1. The molecule has 1 atom stereocenters. The van der Waals surface area contributed by atoms with E-state index in [1.54, 1.807) is 13.1 Å². The van der Waals surface area contributed by atoms with Crippen LogP contribution in [-0.4, -0.2) is 26.0 Å². The van der Waals surface area contributed by atoms with E-state index in [1.807, 2.05) is 12.1 Å². The highest BCUT2D eigenvalue weighted by molar-refractivity contribution is 5.96. The van der Waals surface area contributed by atoms with Crippen molar-refractivity contribution >= 4 is 17.3 Å². The SMILES string of the molecule is CCC1CCN(c2ccc(C(=O)NC)cc2N)C1. The molecular formula is C14H21N3O. The topological polar surface area (TPSA) is 58.4 Å². The summed E-state index contributed by atoms with van der Waals surface area (Å²) in [5.41, 5.74) is 8.42. The van der Waals surface area contributed by atoms with Crippen LogP contribution < -0.4 is 16.0 Å². The van der Waals surface area contributed by atoms with E-state index >= 15 is 0 Å². The molecule has 2 rings (SSSR count). The van der Waals surface area contributed by atoms with Gasteiger partial charge in [0.15, 0.2) is 0 Å². The minimum Gasteiger partial charge on any atom is -0.397 e. The second kappa shape index (κ2) is 5.29. The van der Waals surface area contributed by atoms with Gasteiger partial charge in [-0.1, -0.05) is 13.3 Å². The van der Waals surface area contributed by atoms with Crippen LogP contribution in [0.4, 0.5) is 11.4 Å². The van der Waals surface area contributed by atoms with Crippen LogP contribution in [-0.2, 0) is 0 Å². The molecule has 1 aliphatic rings. The van der Waals surface area contributed by atoms with Gasteiger partial charge in [-0.2, -0.15) is 0 Å². The molecular weight excluding hydrogens is 226 g/mol. The molecule has 1 aromatic rings. The summed E-state index contributed by atoms with van der Waals surface area (Å²) in [6.45, 7) is 4.36. The maximum absolute atomic E-state index is 11.5. The number of nitrogens with one attached hydrogen (secondary N) is 1. The Balaban J connectivity index is 2.18. The first-order valence-electron chi connectivity index (χ1n) is 6.52. The molecule has 0 saturated carbocycles. The number of carbonyl (C=O) groups is 1. The molecule has 4 heteroatoms. The highest BCUT2D eigenvalue weighted by Gasteiger charge is 2.22. The van der Waals surface area contributed by atoms with Crippen LogP contribution >= 0.6 is 0 Å². The zero-order chi connectivity index (χ0) is 13.1. The summed E-state index contributed by atoms with van der Waals surface area (Å²) < 4.78 is 0. The van der Waals surface area contributed by atoms with E-state index in [-0.39, 0.29) is 5.91 Å². The van der Waals surface area contributed by atoms with E-state index in [4.69, 9.17) is 5.73 Å². The Hall–Kier alpha value is -1.71. The van der Waals surface area contributed by atoms with Gasteiger partial charge in [0.2, 0.25) is 0 Å². The fourth-order valence-electron chi connectivity index (χ4n) is 2.51. The molecule has 98 valence electrons. The molecule has 1 aliphatic heterocycles. The molecule has 18 heavy (non-hydrogen) atoms. The van der Waals surface area contributed by atoms with Crippen molar-refractivity contribution in [1.29, 1.82) is 0 Å². The molecule has 0 spiro atoms. The molecule has 1 heterocycles. The molecule has 1 aromatic carbocycles. The van der Waals surface area contributed by atoms with Crippen molar-refractivity contribution in [3.05, 3.63) is 23.8 Å². The Bertz CT molecular complexity index is 445. The van der Waals surface area contributed by atoms with Crippen molar-refractivity contribution in [2.75, 3.05) is 30.8 Å². The molecule has 1 saturated heterocycles. The number of rotatable bonds is 3. The van der Waals surface area contributed by atoms with Gasteiger partial charge in [-0.15, -0.1) is 0 Å². The number of hydrogen-bond acceptors (Lipinski definition) is 3. The first kappa shape index (κ1) is 12.7. The summed E-state index contributed by atoms with van der Waals surface area (Å²) in [5.74, 6) is 0.670. The lowest BCUT2D eigenvalue weighted by Gasteiger charge is -2.21. The van der Waals surface area contributed by atoms with E-state index in [1.165, 1.54) is 12.8 Å². The predicted octanol–water partition coefficient (Wildman–Crippen LogP) is 1.86. The summed E-state index contributed by atoms with van der Waals surface area (Å²) in [7, 11) is 1.62. The lowest BCUT2D eigenvalue weighted by molar-refractivity contribution is 0.0963. The zero-order valence-electron chi connectivity index (χ0n) is 11.1. The largest absolute Gasteiger partial charge is 0.397 e. The van der Waals surface area contributed by atoms with Crippen LogP contribution in [0.3, 0.4) is 0 Å². The van der Waals surface area contributed by atoms with E-state index in [9.17, 15) is 4.79 Å². The fourth-order valence-corrected chi connectivity index (χ4v) is 2.51. The lowest BCUT2D eigenvalue weighted by Crippen LogP contribution is -2.22. The molecule has 4 nitrogen and oxygen atoms in total. The van der Waals surface area contributed by atoms with E-state index < -0.39 is 0 Å². The number of nitrogen functional groups attached to an aromatic ring is 1. The maximum Gasteiger partial charge on any atom is 0.251 e. The van der Waals surface area contributed by atoms with Gasteiger partial charge >= 0.3 is 0 Å². The minimum atomic E-state index is -0.0962. The van der Waals surface area contributed by atoms with Crippen molar-refractivity contribution in [1.82, 2.24) is 5.32 Å². The summed E-state index contributed by atoms with van der Waals surface area (Å²) in [5, 5.41) is 2.61. The van der Waals surface area contributed by atoms with Gasteiger partial charge in [-0.3, -0.25) is 4.79 Å². The number of anilines is 2. The average Bonchev–Trinajstić information content (AvgIpc) is 2.86. The van der Waals surface area contributed by atoms with Gasteiger partial charge in [-0.05, 0) is 30.5 Å². The van der Waals surface area contributed by atoms with Gasteiger partial charge < -0.3 is 16.0 Å². The van der Waals surface area contributed by atoms with Crippen LogP contribution in [0.2, 0.25) is 0 Å². The number of amides is 1. The zero-order valence-corrected chi connectivity index (χ0v) is 11.1. The fraction of sp³-hybridized carbons (Fsp3) is 0.500. The second-order valence-electron chi connectivity index (χ2n) is 4.86. The molecule has 0 bridgehead atoms. The standard InChI is InChI=1S/C14H21N3O/c1-3-10-6-7-17(9-10)13-5-4-11(8-12(13)15)14(18)16-2/h4-5,8,10H,3,6-7,9,15H2,1-2H3,(H,16,18). The number of hydrogen-bond donors (Lipinski definition) is 2. The third-order valence-corrected chi connectivity index (χ3v) is 3.72. The third-order valence-electron chi connectivity index (χ3n) is 3.72. The van der Waals surface area contributed by atoms with E-state index in [0.717, 1.165) is 24.7 Å². The van der Waals surface area contributed by atoms with E-state index in [0.29, 0.717) is 11.3 Å². The summed E-state index contributed by atoms with van der Waals surface area (Å²) in [6.07, 6.45) is 2.44.